The lowest BCUT2D eigenvalue weighted by Crippen LogP contribution is -2.28. The van der Waals surface area contributed by atoms with Gasteiger partial charge >= 0.3 is 5.97 Å². The van der Waals surface area contributed by atoms with Crippen LogP contribution in [0.15, 0.2) is 54.6 Å². The van der Waals surface area contributed by atoms with Crippen LogP contribution < -0.4 is 5.32 Å². The van der Waals surface area contributed by atoms with E-state index in [-0.39, 0.29) is 12.5 Å². The van der Waals surface area contributed by atoms with E-state index in [2.05, 4.69) is 5.32 Å². The van der Waals surface area contributed by atoms with Gasteiger partial charge in [-0.25, -0.2) is 4.79 Å². The Morgan fingerprint density at radius 1 is 1.05 bits per heavy atom. The molecule has 0 aromatic heterocycles. The highest BCUT2D eigenvalue weighted by Crippen LogP contribution is 2.03. The molecule has 0 spiro atoms. The van der Waals surface area contributed by atoms with Crippen LogP contribution in [0.1, 0.15) is 21.5 Å². The van der Waals surface area contributed by atoms with Crippen LogP contribution in [-0.4, -0.2) is 18.5 Å². The van der Waals surface area contributed by atoms with E-state index in [9.17, 15) is 9.59 Å². The van der Waals surface area contributed by atoms with Crippen molar-refractivity contribution in [1.82, 2.24) is 5.32 Å². The Labute approximate surface area is 123 Å². The number of ether oxygens (including phenoxy) is 1. The lowest BCUT2D eigenvalue weighted by atomic mass is 10.1. The number of carbonyl (C=O) groups is 2. The third kappa shape index (κ3) is 4.76. The van der Waals surface area contributed by atoms with E-state index in [0.29, 0.717) is 12.1 Å². The van der Waals surface area contributed by atoms with Crippen molar-refractivity contribution >= 4 is 11.9 Å². The highest BCUT2D eigenvalue weighted by molar-refractivity contribution is 5.91. The summed E-state index contributed by atoms with van der Waals surface area (Å²) in [4.78, 5) is 23.3. The van der Waals surface area contributed by atoms with Gasteiger partial charge in [0.2, 0.25) is 0 Å². The summed E-state index contributed by atoms with van der Waals surface area (Å²) < 4.78 is 4.95. The third-order valence-electron chi connectivity index (χ3n) is 2.92. The molecule has 0 aliphatic rings. The molecule has 0 saturated heterocycles. The smallest absolute Gasteiger partial charge is 0.338 e. The van der Waals surface area contributed by atoms with Gasteiger partial charge in [-0.3, -0.25) is 4.79 Å². The van der Waals surface area contributed by atoms with Gasteiger partial charge in [-0.2, -0.15) is 0 Å². The molecule has 0 aliphatic heterocycles. The summed E-state index contributed by atoms with van der Waals surface area (Å²) in [6, 6.07) is 16.5. The number of amides is 1. The normalized spacial score (nSPS) is 9.95. The molecule has 0 saturated carbocycles. The lowest BCUT2D eigenvalue weighted by Gasteiger charge is -2.07. The first kappa shape index (κ1) is 14.8. The van der Waals surface area contributed by atoms with E-state index in [1.165, 1.54) is 0 Å². The average molecular weight is 283 g/mol. The van der Waals surface area contributed by atoms with Gasteiger partial charge in [0.25, 0.3) is 5.91 Å². The Balaban J connectivity index is 1.76. The molecule has 4 nitrogen and oxygen atoms in total. The van der Waals surface area contributed by atoms with Gasteiger partial charge < -0.3 is 10.1 Å². The predicted molar refractivity (Wildman–Crippen MR) is 79.8 cm³/mol. The Bertz CT molecular complexity index is 623. The molecule has 0 heterocycles. The van der Waals surface area contributed by atoms with Crippen molar-refractivity contribution in [3.8, 4) is 0 Å². The van der Waals surface area contributed by atoms with Crippen LogP contribution in [0.5, 0.6) is 0 Å². The second kappa shape index (κ2) is 7.24. The summed E-state index contributed by atoms with van der Waals surface area (Å²) in [7, 11) is 0. The maximum atomic E-state index is 11.7. The van der Waals surface area contributed by atoms with E-state index < -0.39 is 5.97 Å². The molecule has 21 heavy (non-hydrogen) atoms. The molecule has 108 valence electrons. The van der Waals surface area contributed by atoms with Crippen LogP contribution in [0.25, 0.3) is 0 Å². The number of aryl methyl sites for hydroxylation is 1. The van der Waals surface area contributed by atoms with Crippen LogP contribution in [0, 0.1) is 6.92 Å². The zero-order valence-corrected chi connectivity index (χ0v) is 11.8. The second-order valence-electron chi connectivity index (χ2n) is 4.71. The van der Waals surface area contributed by atoms with Gasteiger partial charge in [0, 0.05) is 6.54 Å². The number of hydrogen-bond donors (Lipinski definition) is 1. The van der Waals surface area contributed by atoms with Crippen molar-refractivity contribution in [2.75, 3.05) is 6.61 Å². The molecule has 0 fully saturated rings. The molecule has 1 amide bonds. The second-order valence-corrected chi connectivity index (χ2v) is 4.71. The average Bonchev–Trinajstić information content (AvgIpc) is 2.51. The number of carbonyl (C=O) groups excluding carboxylic acids is 2. The molecule has 1 N–H and O–H groups in total. The van der Waals surface area contributed by atoms with Crippen LogP contribution in [0.4, 0.5) is 0 Å². The Hall–Kier alpha value is -2.62. The summed E-state index contributed by atoms with van der Waals surface area (Å²) >= 11 is 0. The monoisotopic (exact) mass is 283 g/mol. The van der Waals surface area contributed by atoms with E-state index in [4.69, 9.17) is 4.74 Å². The Kier molecular flexibility index (Phi) is 5.10. The summed E-state index contributed by atoms with van der Waals surface area (Å²) in [6.45, 7) is 2.13. The van der Waals surface area contributed by atoms with Crippen molar-refractivity contribution in [3.63, 3.8) is 0 Å². The van der Waals surface area contributed by atoms with Crippen molar-refractivity contribution < 1.29 is 14.3 Å². The standard InChI is InChI=1S/C17H17NO3/c1-13-6-5-7-14(10-13)11-18-16(19)12-21-17(20)15-8-3-2-4-9-15/h2-10H,11-12H2,1H3,(H,18,19). The molecule has 0 aliphatic carbocycles. The van der Waals surface area contributed by atoms with Gasteiger partial charge in [0.1, 0.15) is 0 Å². The first-order valence-electron chi connectivity index (χ1n) is 6.69. The van der Waals surface area contributed by atoms with E-state index in [0.717, 1.165) is 11.1 Å². The minimum atomic E-state index is -0.499. The maximum absolute atomic E-state index is 11.7. The summed E-state index contributed by atoms with van der Waals surface area (Å²) in [5.74, 6) is -0.818. The Morgan fingerprint density at radius 2 is 1.81 bits per heavy atom. The SMILES string of the molecule is Cc1cccc(CNC(=O)COC(=O)c2ccccc2)c1. The maximum Gasteiger partial charge on any atom is 0.338 e. The van der Waals surface area contributed by atoms with Crippen molar-refractivity contribution in [1.29, 1.82) is 0 Å². The summed E-state index contributed by atoms with van der Waals surface area (Å²) in [5, 5.41) is 2.72. The van der Waals surface area contributed by atoms with Gasteiger partial charge in [0.15, 0.2) is 6.61 Å². The number of nitrogens with one attached hydrogen (secondary N) is 1. The number of esters is 1. The molecule has 0 unspecified atom stereocenters. The highest BCUT2D eigenvalue weighted by atomic mass is 16.5. The molecule has 2 rings (SSSR count). The third-order valence-corrected chi connectivity index (χ3v) is 2.92. The molecule has 0 bridgehead atoms. The zero-order valence-electron chi connectivity index (χ0n) is 11.8. The number of rotatable bonds is 5. The first-order valence-corrected chi connectivity index (χ1v) is 6.69. The number of hydrogen-bond acceptors (Lipinski definition) is 3. The van der Waals surface area contributed by atoms with Gasteiger partial charge in [0.05, 0.1) is 5.56 Å². The Morgan fingerprint density at radius 3 is 2.52 bits per heavy atom. The molecule has 2 aromatic carbocycles. The van der Waals surface area contributed by atoms with Gasteiger partial charge in [-0.1, -0.05) is 48.0 Å². The van der Waals surface area contributed by atoms with Crippen LogP contribution in [-0.2, 0) is 16.1 Å². The highest BCUT2D eigenvalue weighted by Gasteiger charge is 2.09. The fourth-order valence-corrected chi connectivity index (χ4v) is 1.86. The zero-order chi connectivity index (χ0) is 15.1. The summed E-state index contributed by atoms with van der Waals surface area (Å²) in [5.41, 5.74) is 2.58. The van der Waals surface area contributed by atoms with Crippen molar-refractivity contribution in [2.24, 2.45) is 0 Å². The minimum Gasteiger partial charge on any atom is -0.452 e. The fourth-order valence-electron chi connectivity index (χ4n) is 1.86. The fraction of sp³-hybridized carbons (Fsp3) is 0.176. The first-order chi connectivity index (χ1) is 10.1. The molecule has 2 aromatic rings. The van der Waals surface area contributed by atoms with Gasteiger partial charge in [-0.15, -0.1) is 0 Å². The van der Waals surface area contributed by atoms with E-state index in [1.54, 1.807) is 24.3 Å². The lowest BCUT2D eigenvalue weighted by molar-refractivity contribution is -0.124. The largest absolute Gasteiger partial charge is 0.452 e. The van der Waals surface area contributed by atoms with Crippen LogP contribution in [0.3, 0.4) is 0 Å². The minimum absolute atomic E-state index is 0.278. The predicted octanol–water partition coefficient (Wildman–Crippen LogP) is 2.47. The molecular weight excluding hydrogens is 266 g/mol. The molecule has 4 heteroatoms. The molecule has 0 atom stereocenters. The topological polar surface area (TPSA) is 55.4 Å². The summed E-state index contributed by atoms with van der Waals surface area (Å²) in [6.07, 6.45) is 0. The number of benzene rings is 2. The van der Waals surface area contributed by atoms with Crippen LogP contribution in [0.2, 0.25) is 0 Å². The van der Waals surface area contributed by atoms with Crippen LogP contribution >= 0.6 is 0 Å². The molecule has 0 radical (unpaired) electrons. The molecular formula is C17H17NO3. The van der Waals surface area contributed by atoms with E-state index >= 15 is 0 Å². The van der Waals surface area contributed by atoms with Crippen molar-refractivity contribution in [2.45, 2.75) is 13.5 Å². The quantitative estimate of drug-likeness (QED) is 0.858. The van der Waals surface area contributed by atoms with Crippen molar-refractivity contribution in [3.05, 3.63) is 71.3 Å². The van der Waals surface area contributed by atoms with Gasteiger partial charge in [-0.05, 0) is 24.6 Å². The van der Waals surface area contributed by atoms with E-state index in [1.807, 2.05) is 37.3 Å².